The molecule has 10 heteroatoms. The van der Waals surface area contributed by atoms with E-state index >= 15 is 0 Å². The van der Waals surface area contributed by atoms with E-state index in [4.69, 9.17) is 4.84 Å². The second-order valence-electron chi connectivity index (χ2n) is 6.55. The van der Waals surface area contributed by atoms with E-state index in [1.54, 1.807) is 36.0 Å². The number of carbonyl (C=O) groups is 1. The van der Waals surface area contributed by atoms with Crippen LogP contribution < -0.4 is 5.32 Å². The van der Waals surface area contributed by atoms with Crippen LogP contribution >= 0.6 is 11.3 Å². The molecule has 142 valence electrons. The Morgan fingerprint density at radius 3 is 3.00 bits per heavy atom. The number of thiophene rings is 1. The predicted octanol–water partition coefficient (Wildman–Crippen LogP) is 1.37. The number of sulfonamides is 1. The number of carbonyl (C=O) groups excluding carboxylic acids is 1. The van der Waals surface area contributed by atoms with E-state index in [0.717, 1.165) is 5.56 Å². The Balaban J connectivity index is 1.37. The van der Waals surface area contributed by atoms with E-state index < -0.39 is 15.6 Å². The number of pyridine rings is 1. The average molecular weight is 406 g/mol. The number of hydrogen-bond acceptors (Lipinski definition) is 7. The maximum atomic E-state index is 12.7. The molecule has 2 aromatic rings. The number of aromatic nitrogens is 1. The lowest BCUT2D eigenvalue weighted by atomic mass is 9.96. The van der Waals surface area contributed by atoms with Crippen molar-refractivity contribution in [3.8, 4) is 0 Å². The van der Waals surface area contributed by atoms with E-state index in [2.05, 4.69) is 15.5 Å². The molecule has 4 heterocycles. The lowest BCUT2D eigenvalue weighted by molar-refractivity contribution is -0.115. The van der Waals surface area contributed by atoms with Gasteiger partial charge in [-0.1, -0.05) is 17.3 Å². The highest BCUT2D eigenvalue weighted by molar-refractivity contribution is 7.91. The lowest BCUT2D eigenvalue weighted by Crippen LogP contribution is -2.38. The van der Waals surface area contributed by atoms with Crippen molar-refractivity contribution in [3.63, 3.8) is 0 Å². The number of nitrogens with one attached hydrogen (secondary N) is 1. The minimum absolute atomic E-state index is 0.191. The molecule has 8 nitrogen and oxygen atoms in total. The van der Waals surface area contributed by atoms with Crippen LogP contribution in [0.4, 0.5) is 0 Å². The Morgan fingerprint density at radius 2 is 2.26 bits per heavy atom. The van der Waals surface area contributed by atoms with Gasteiger partial charge in [0.1, 0.15) is 9.92 Å². The Labute approximate surface area is 160 Å². The summed E-state index contributed by atoms with van der Waals surface area (Å²) in [5, 5.41) is 8.46. The summed E-state index contributed by atoms with van der Waals surface area (Å²) in [4.78, 5) is 21.9. The first kappa shape index (κ1) is 18.1. The van der Waals surface area contributed by atoms with Crippen LogP contribution in [0.5, 0.6) is 0 Å². The highest BCUT2D eigenvalue weighted by Crippen LogP contribution is 2.37. The molecule has 1 saturated heterocycles. The van der Waals surface area contributed by atoms with Gasteiger partial charge in [-0.15, -0.1) is 11.3 Å². The minimum atomic E-state index is -3.53. The molecule has 4 rings (SSSR count). The zero-order valence-corrected chi connectivity index (χ0v) is 16.0. The molecule has 1 atom stereocenters. The van der Waals surface area contributed by atoms with Gasteiger partial charge in [0.2, 0.25) is 0 Å². The summed E-state index contributed by atoms with van der Waals surface area (Å²) in [5.74, 6) is -0.310. The minimum Gasteiger partial charge on any atom is -0.387 e. The number of nitrogens with zero attached hydrogens (tertiary/aromatic N) is 3. The third-order valence-electron chi connectivity index (χ3n) is 4.65. The van der Waals surface area contributed by atoms with Gasteiger partial charge in [-0.2, -0.15) is 4.31 Å². The van der Waals surface area contributed by atoms with Crippen molar-refractivity contribution in [2.45, 2.75) is 29.2 Å². The molecule has 0 bridgehead atoms. The summed E-state index contributed by atoms with van der Waals surface area (Å²) in [7, 11) is -3.53. The Bertz CT molecular complexity index is 960. The van der Waals surface area contributed by atoms with Gasteiger partial charge < -0.3 is 10.2 Å². The first-order chi connectivity index (χ1) is 13.0. The van der Waals surface area contributed by atoms with Crippen molar-refractivity contribution in [2.24, 2.45) is 5.16 Å². The van der Waals surface area contributed by atoms with Gasteiger partial charge in [0.25, 0.3) is 15.9 Å². The van der Waals surface area contributed by atoms with Gasteiger partial charge in [-0.3, -0.25) is 9.78 Å². The van der Waals surface area contributed by atoms with Gasteiger partial charge in [-0.05, 0) is 23.1 Å². The molecular formula is C17H18N4O4S2. The fourth-order valence-electron chi connectivity index (χ4n) is 3.20. The van der Waals surface area contributed by atoms with Gasteiger partial charge in [0.05, 0.1) is 6.54 Å². The van der Waals surface area contributed by atoms with E-state index in [-0.39, 0.29) is 18.2 Å². The number of oxime groups is 1. The first-order valence-electron chi connectivity index (χ1n) is 8.44. The molecule has 2 aromatic heterocycles. The van der Waals surface area contributed by atoms with Gasteiger partial charge in [0, 0.05) is 38.3 Å². The van der Waals surface area contributed by atoms with Crippen molar-refractivity contribution >= 4 is 33.0 Å². The van der Waals surface area contributed by atoms with E-state index in [1.807, 2.05) is 6.07 Å². The van der Waals surface area contributed by atoms with Crippen molar-refractivity contribution in [1.29, 1.82) is 0 Å². The van der Waals surface area contributed by atoms with Crippen LogP contribution in [0, 0.1) is 0 Å². The summed E-state index contributed by atoms with van der Waals surface area (Å²) in [6.45, 7) is 0.883. The number of hydrogen-bond donors (Lipinski definition) is 1. The monoisotopic (exact) mass is 406 g/mol. The molecule has 0 unspecified atom stereocenters. The highest BCUT2D eigenvalue weighted by Gasteiger charge is 2.49. The molecule has 2 aliphatic rings. The molecule has 2 aliphatic heterocycles. The zero-order chi connectivity index (χ0) is 18.9. The number of rotatable bonds is 5. The number of amides is 1. The fraction of sp³-hybridized carbons (Fsp3) is 0.353. The molecular weight excluding hydrogens is 388 g/mol. The second kappa shape index (κ2) is 7.02. The first-order valence-corrected chi connectivity index (χ1v) is 10.8. The van der Waals surface area contributed by atoms with Crippen LogP contribution in [0.1, 0.15) is 18.4 Å². The summed E-state index contributed by atoms with van der Waals surface area (Å²) in [6, 6.07) is 6.97. The summed E-state index contributed by atoms with van der Waals surface area (Å²) >= 11 is 1.19. The van der Waals surface area contributed by atoms with Crippen LogP contribution in [-0.2, 0) is 26.2 Å². The Kier molecular flexibility index (Phi) is 4.70. The molecule has 1 amide bonds. The van der Waals surface area contributed by atoms with Gasteiger partial charge in [-0.25, -0.2) is 8.42 Å². The van der Waals surface area contributed by atoms with Gasteiger partial charge in [0.15, 0.2) is 5.60 Å². The van der Waals surface area contributed by atoms with Crippen molar-refractivity contribution < 1.29 is 18.0 Å². The molecule has 0 saturated carbocycles. The molecule has 0 aliphatic carbocycles. The molecule has 0 radical (unpaired) electrons. The third-order valence-corrected chi connectivity index (χ3v) is 7.87. The average Bonchev–Trinajstić information content (AvgIpc) is 3.43. The molecule has 27 heavy (non-hydrogen) atoms. The maximum absolute atomic E-state index is 12.7. The highest BCUT2D eigenvalue weighted by atomic mass is 32.2. The second-order valence-corrected chi connectivity index (χ2v) is 9.67. The van der Waals surface area contributed by atoms with E-state index in [1.165, 1.54) is 15.6 Å². The van der Waals surface area contributed by atoms with Crippen LogP contribution in [0.2, 0.25) is 0 Å². The summed E-state index contributed by atoms with van der Waals surface area (Å²) in [6.07, 6.45) is 4.14. The molecule has 1 N–H and O–H groups in total. The summed E-state index contributed by atoms with van der Waals surface area (Å²) in [5.41, 5.74) is 0.411. The molecule has 1 fully saturated rings. The Morgan fingerprint density at radius 1 is 1.37 bits per heavy atom. The third kappa shape index (κ3) is 3.60. The normalized spacial score (nSPS) is 22.6. The lowest BCUT2D eigenvalue weighted by Gasteiger charge is -2.21. The van der Waals surface area contributed by atoms with Crippen molar-refractivity contribution in [1.82, 2.24) is 14.6 Å². The SMILES string of the molecule is O=C(NCc1cccnc1)C1=NO[C@]2(CCN(S(=O)(=O)c3cccs3)C2)C1. The van der Waals surface area contributed by atoms with Crippen LogP contribution in [0.25, 0.3) is 0 Å². The van der Waals surface area contributed by atoms with Gasteiger partial charge >= 0.3 is 0 Å². The summed E-state index contributed by atoms with van der Waals surface area (Å²) < 4.78 is 27.1. The van der Waals surface area contributed by atoms with Crippen LogP contribution in [-0.4, -0.2) is 48.0 Å². The van der Waals surface area contributed by atoms with Crippen molar-refractivity contribution in [2.75, 3.05) is 13.1 Å². The Hall–Kier alpha value is -2.30. The maximum Gasteiger partial charge on any atom is 0.269 e. The largest absolute Gasteiger partial charge is 0.387 e. The predicted molar refractivity (Wildman–Crippen MR) is 99.6 cm³/mol. The van der Waals surface area contributed by atoms with E-state index in [9.17, 15) is 13.2 Å². The standard InChI is InChI=1S/C17H18N4O4S2/c22-16(19-11-13-3-1-6-18-10-13)14-9-17(25-20-14)5-7-21(12-17)27(23,24)15-4-2-8-26-15/h1-4,6,8,10H,5,7,9,11-12H2,(H,19,22)/t17-/m1/s1. The van der Waals surface area contributed by atoms with Crippen LogP contribution in [0.3, 0.4) is 0 Å². The van der Waals surface area contributed by atoms with Crippen molar-refractivity contribution in [3.05, 3.63) is 47.6 Å². The quantitative estimate of drug-likeness (QED) is 0.808. The molecule has 1 spiro atoms. The fourth-order valence-corrected chi connectivity index (χ4v) is 5.86. The molecule has 0 aromatic carbocycles. The van der Waals surface area contributed by atoms with E-state index in [0.29, 0.717) is 30.1 Å². The zero-order valence-electron chi connectivity index (χ0n) is 14.4. The van der Waals surface area contributed by atoms with Crippen LogP contribution in [0.15, 0.2) is 51.4 Å². The smallest absolute Gasteiger partial charge is 0.269 e. The topological polar surface area (TPSA) is 101 Å².